The van der Waals surface area contributed by atoms with Crippen LogP contribution in [0.3, 0.4) is 0 Å². The predicted octanol–water partition coefficient (Wildman–Crippen LogP) is 2.63. The molecule has 0 spiro atoms. The van der Waals surface area contributed by atoms with E-state index in [2.05, 4.69) is 10.6 Å². The van der Waals surface area contributed by atoms with Crippen molar-refractivity contribution in [3.63, 3.8) is 0 Å². The van der Waals surface area contributed by atoms with Gasteiger partial charge in [-0.1, -0.05) is 40.5 Å². The van der Waals surface area contributed by atoms with Gasteiger partial charge in [0.05, 0.1) is 0 Å². The number of carbonyl (C=O) groups excluding carboxylic acids is 3. The average Bonchev–Trinajstić information content (AvgIpc) is 2.53. The minimum absolute atomic E-state index is 0.0941. The van der Waals surface area contributed by atoms with Crippen LogP contribution < -0.4 is 10.6 Å². The highest BCUT2D eigenvalue weighted by Crippen LogP contribution is 2.16. The van der Waals surface area contributed by atoms with Gasteiger partial charge in [0.2, 0.25) is 11.8 Å². The number of rotatable bonds is 9. The number of hydrogen-bond acceptors (Lipinski definition) is 4. The Kier molecular flexibility index (Phi) is 10.1. The smallest absolute Gasteiger partial charge is 0.329 e. The molecular weight excluding hydrogens is 344 g/mol. The Morgan fingerprint density at radius 3 is 1.84 bits per heavy atom. The highest BCUT2D eigenvalue weighted by molar-refractivity contribution is 6.27. The lowest BCUT2D eigenvalue weighted by Crippen LogP contribution is -2.56. The molecule has 0 aliphatic heterocycles. The van der Waals surface area contributed by atoms with Crippen molar-refractivity contribution < 1.29 is 19.1 Å². The van der Waals surface area contributed by atoms with Crippen LogP contribution in [0, 0.1) is 11.8 Å². The summed E-state index contributed by atoms with van der Waals surface area (Å²) in [5, 5.41) is 5.40. The highest BCUT2D eigenvalue weighted by atomic mass is 35.5. The van der Waals surface area contributed by atoms with Crippen molar-refractivity contribution in [3.05, 3.63) is 0 Å². The molecule has 0 aromatic heterocycles. The van der Waals surface area contributed by atoms with E-state index in [1.54, 1.807) is 20.8 Å². The molecule has 0 aliphatic carbocycles. The zero-order chi connectivity index (χ0) is 19.8. The van der Waals surface area contributed by atoms with Crippen LogP contribution in [0.25, 0.3) is 0 Å². The molecule has 25 heavy (non-hydrogen) atoms. The van der Waals surface area contributed by atoms with Crippen LogP contribution in [0.2, 0.25) is 0 Å². The quantitative estimate of drug-likeness (QED) is 0.478. The molecule has 0 saturated carbocycles. The van der Waals surface area contributed by atoms with Crippen molar-refractivity contribution in [3.8, 4) is 0 Å². The lowest BCUT2D eigenvalue weighted by atomic mass is 9.95. The number of carbonyl (C=O) groups is 3. The number of hydrogen-bond donors (Lipinski definition) is 2. The molecule has 0 aromatic carbocycles. The van der Waals surface area contributed by atoms with Crippen LogP contribution in [-0.2, 0) is 19.1 Å². The summed E-state index contributed by atoms with van der Waals surface area (Å²) in [5.74, 6) is -1.70. The van der Waals surface area contributed by atoms with Crippen LogP contribution in [0.4, 0.5) is 0 Å². The van der Waals surface area contributed by atoms with E-state index in [0.717, 1.165) is 0 Å². The van der Waals surface area contributed by atoms with Crippen molar-refractivity contribution in [1.29, 1.82) is 0 Å². The molecule has 0 fully saturated rings. The fraction of sp³-hybridized carbons (Fsp3) is 0.833. The monoisotopic (exact) mass is 376 g/mol. The van der Waals surface area contributed by atoms with Crippen molar-refractivity contribution in [2.24, 2.45) is 11.8 Å². The van der Waals surface area contributed by atoms with Crippen LogP contribution in [0.5, 0.6) is 0 Å². The first-order valence-corrected chi connectivity index (χ1v) is 9.38. The molecule has 146 valence electrons. The van der Waals surface area contributed by atoms with E-state index >= 15 is 0 Å². The number of esters is 1. The minimum Gasteiger partial charge on any atom is -0.458 e. The van der Waals surface area contributed by atoms with E-state index in [9.17, 15) is 14.4 Å². The molecule has 2 amide bonds. The Balaban J connectivity index is 5.31. The van der Waals surface area contributed by atoms with Gasteiger partial charge in [0.15, 0.2) is 0 Å². The molecule has 0 heterocycles. The Bertz CT molecular complexity index is 462. The summed E-state index contributed by atoms with van der Waals surface area (Å²) in [4.78, 5) is 36.8. The van der Waals surface area contributed by atoms with Crippen molar-refractivity contribution >= 4 is 29.4 Å². The fourth-order valence-electron chi connectivity index (χ4n) is 2.19. The van der Waals surface area contributed by atoms with Gasteiger partial charge in [0.1, 0.15) is 23.6 Å². The minimum atomic E-state index is -0.767. The molecule has 0 bridgehead atoms. The van der Waals surface area contributed by atoms with Gasteiger partial charge in [-0.05, 0) is 32.6 Å². The maximum atomic E-state index is 12.7. The average molecular weight is 377 g/mol. The molecule has 0 aromatic rings. The highest BCUT2D eigenvalue weighted by Gasteiger charge is 2.34. The summed E-state index contributed by atoms with van der Waals surface area (Å²) >= 11 is 5.53. The summed E-state index contributed by atoms with van der Waals surface area (Å²) in [6.07, 6.45) is 1.40. The largest absolute Gasteiger partial charge is 0.458 e. The molecule has 0 saturated heterocycles. The summed E-state index contributed by atoms with van der Waals surface area (Å²) in [6.45, 7) is 13.0. The van der Waals surface area contributed by atoms with Gasteiger partial charge in [0, 0.05) is 0 Å². The van der Waals surface area contributed by atoms with Gasteiger partial charge in [-0.15, -0.1) is 11.6 Å². The second-order valence-corrected chi connectivity index (χ2v) is 7.74. The van der Waals surface area contributed by atoms with Gasteiger partial charge in [-0.3, -0.25) is 9.59 Å². The standard InChI is InChI=1S/C18H33ClN2O4/c1-8-11(3)14(20-13(22)10-19)16(23)21-15(12(4)9-2)17(24)25-18(5,6)7/h11-12,14-15H,8-10H2,1-7H3,(H,20,22)(H,21,23). The molecular formula is C18H33ClN2O4. The van der Waals surface area contributed by atoms with Crippen LogP contribution in [0.1, 0.15) is 61.3 Å². The molecule has 0 rings (SSSR count). The predicted molar refractivity (Wildman–Crippen MR) is 99.3 cm³/mol. The number of ether oxygens (including phenoxy) is 1. The number of halogens is 1. The number of alkyl halides is 1. The first-order valence-electron chi connectivity index (χ1n) is 8.85. The molecule has 0 aliphatic rings. The zero-order valence-electron chi connectivity index (χ0n) is 16.4. The summed E-state index contributed by atoms with van der Waals surface area (Å²) < 4.78 is 5.43. The van der Waals surface area contributed by atoms with E-state index in [-0.39, 0.29) is 17.7 Å². The lowest BCUT2D eigenvalue weighted by molar-refractivity contribution is -0.160. The van der Waals surface area contributed by atoms with Gasteiger partial charge < -0.3 is 15.4 Å². The van der Waals surface area contributed by atoms with Crippen LogP contribution in [-0.4, -0.2) is 41.3 Å². The second kappa shape index (κ2) is 10.6. The third kappa shape index (κ3) is 8.56. The topological polar surface area (TPSA) is 84.5 Å². The van der Waals surface area contributed by atoms with Gasteiger partial charge in [-0.2, -0.15) is 0 Å². The summed E-state index contributed by atoms with van der Waals surface area (Å²) in [7, 11) is 0. The maximum absolute atomic E-state index is 12.7. The second-order valence-electron chi connectivity index (χ2n) is 7.47. The number of nitrogens with one attached hydrogen (secondary N) is 2. The van der Waals surface area contributed by atoms with Crippen LogP contribution in [0.15, 0.2) is 0 Å². The van der Waals surface area contributed by atoms with E-state index < -0.39 is 35.5 Å². The lowest BCUT2D eigenvalue weighted by Gasteiger charge is -2.30. The maximum Gasteiger partial charge on any atom is 0.329 e. The van der Waals surface area contributed by atoms with Crippen molar-refractivity contribution in [2.75, 3.05) is 5.88 Å². The Morgan fingerprint density at radius 1 is 0.960 bits per heavy atom. The zero-order valence-corrected chi connectivity index (χ0v) is 17.2. The SMILES string of the molecule is CCC(C)C(NC(=O)CCl)C(=O)NC(C(=O)OC(C)(C)C)C(C)CC. The Labute approximate surface area is 156 Å². The van der Waals surface area contributed by atoms with Crippen molar-refractivity contribution in [1.82, 2.24) is 10.6 Å². The molecule has 4 atom stereocenters. The Hall–Kier alpha value is -1.30. The fourth-order valence-corrected chi connectivity index (χ4v) is 2.27. The van der Waals surface area contributed by atoms with E-state index in [1.165, 1.54) is 0 Å². The summed E-state index contributed by atoms with van der Waals surface area (Å²) in [6, 6.07) is -1.51. The normalized spacial score (nSPS) is 16.3. The van der Waals surface area contributed by atoms with Crippen molar-refractivity contribution in [2.45, 2.75) is 79.0 Å². The third-order valence-corrected chi connectivity index (χ3v) is 4.35. The first kappa shape index (κ1) is 23.7. The van der Waals surface area contributed by atoms with Gasteiger partial charge in [-0.25, -0.2) is 4.79 Å². The molecule has 6 nitrogen and oxygen atoms in total. The van der Waals surface area contributed by atoms with E-state index in [0.29, 0.717) is 12.8 Å². The van der Waals surface area contributed by atoms with E-state index in [4.69, 9.17) is 16.3 Å². The molecule has 2 N–H and O–H groups in total. The van der Waals surface area contributed by atoms with Crippen LogP contribution >= 0.6 is 11.6 Å². The Morgan fingerprint density at radius 2 is 1.44 bits per heavy atom. The van der Waals surface area contributed by atoms with Gasteiger partial charge in [0.25, 0.3) is 0 Å². The number of amides is 2. The first-order chi connectivity index (χ1) is 11.5. The third-order valence-electron chi connectivity index (χ3n) is 4.10. The van der Waals surface area contributed by atoms with Gasteiger partial charge >= 0.3 is 5.97 Å². The molecule has 0 radical (unpaired) electrons. The molecule has 4 unspecified atom stereocenters. The molecule has 7 heteroatoms. The van der Waals surface area contributed by atoms with E-state index in [1.807, 2.05) is 27.7 Å². The summed E-state index contributed by atoms with van der Waals surface area (Å²) in [5.41, 5.74) is -0.642.